The molecule has 0 bridgehead atoms. The molecule has 0 N–H and O–H groups in total. The second kappa shape index (κ2) is 5.77. The monoisotopic (exact) mass is 316 g/mol. The van der Waals surface area contributed by atoms with E-state index in [1.165, 1.54) is 44.9 Å². The standard InChI is InChI=1S/C23H40/c1-22(2)15-17-14-19(13-16-9-8-12-20(22)21(16)17)23(3,4)18-10-6-5-7-11-18/h16-21H,5-15H2,1-4H3. The predicted octanol–water partition coefficient (Wildman–Crippen LogP) is 7.08. The maximum absolute atomic E-state index is 2.66. The lowest BCUT2D eigenvalue weighted by Gasteiger charge is -2.52. The molecule has 0 aromatic rings. The van der Waals surface area contributed by atoms with Gasteiger partial charge in [-0.1, -0.05) is 59.8 Å². The molecule has 0 aromatic heterocycles. The average molecular weight is 317 g/mol. The van der Waals surface area contributed by atoms with Crippen molar-refractivity contribution in [2.75, 3.05) is 0 Å². The number of rotatable bonds is 2. The summed E-state index contributed by atoms with van der Waals surface area (Å²) in [5.41, 5.74) is 1.24. The summed E-state index contributed by atoms with van der Waals surface area (Å²) < 4.78 is 0. The molecule has 0 aromatic carbocycles. The number of hydrogen-bond donors (Lipinski definition) is 0. The summed E-state index contributed by atoms with van der Waals surface area (Å²) in [5.74, 6) is 6.36. The van der Waals surface area contributed by atoms with Gasteiger partial charge in [0.15, 0.2) is 0 Å². The van der Waals surface area contributed by atoms with Gasteiger partial charge < -0.3 is 0 Å². The zero-order valence-electron chi connectivity index (χ0n) is 16.2. The third kappa shape index (κ3) is 2.71. The second-order valence-corrected chi connectivity index (χ2v) is 11.2. The van der Waals surface area contributed by atoms with Gasteiger partial charge in [-0.3, -0.25) is 0 Å². The van der Waals surface area contributed by atoms with E-state index in [0.29, 0.717) is 10.8 Å². The van der Waals surface area contributed by atoms with Crippen LogP contribution in [0.15, 0.2) is 0 Å². The van der Waals surface area contributed by atoms with Crippen LogP contribution in [0.3, 0.4) is 0 Å². The molecule has 0 amide bonds. The second-order valence-electron chi connectivity index (χ2n) is 11.2. The van der Waals surface area contributed by atoms with Crippen LogP contribution in [0.2, 0.25) is 0 Å². The van der Waals surface area contributed by atoms with Crippen molar-refractivity contribution in [3.63, 3.8) is 0 Å². The summed E-state index contributed by atoms with van der Waals surface area (Å²) in [6, 6.07) is 0. The van der Waals surface area contributed by atoms with Gasteiger partial charge in [-0.05, 0) is 84.9 Å². The Labute approximate surface area is 145 Å². The van der Waals surface area contributed by atoms with Crippen molar-refractivity contribution >= 4 is 0 Å². The zero-order valence-corrected chi connectivity index (χ0v) is 16.2. The first-order valence-corrected chi connectivity index (χ1v) is 10.9. The fraction of sp³-hybridized carbons (Fsp3) is 1.00. The van der Waals surface area contributed by atoms with Crippen LogP contribution in [-0.4, -0.2) is 0 Å². The van der Waals surface area contributed by atoms with Crippen LogP contribution >= 0.6 is 0 Å². The normalized spacial score (nSPS) is 44.1. The Morgan fingerprint density at radius 1 is 0.739 bits per heavy atom. The number of hydrogen-bond acceptors (Lipinski definition) is 0. The van der Waals surface area contributed by atoms with Crippen LogP contribution in [0.25, 0.3) is 0 Å². The van der Waals surface area contributed by atoms with Gasteiger partial charge >= 0.3 is 0 Å². The fourth-order valence-electron chi connectivity index (χ4n) is 8.03. The van der Waals surface area contributed by atoms with Crippen molar-refractivity contribution < 1.29 is 0 Å². The summed E-state index contributed by atoms with van der Waals surface area (Å²) in [6.07, 6.45) is 16.9. The fourth-order valence-corrected chi connectivity index (χ4v) is 8.03. The van der Waals surface area contributed by atoms with Crippen molar-refractivity contribution in [2.45, 2.75) is 98.3 Å². The van der Waals surface area contributed by atoms with Gasteiger partial charge in [-0.15, -0.1) is 0 Å². The smallest absolute Gasteiger partial charge is 0.0297 e. The maximum Gasteiger partial charge on any atom is -0.0297 e. The third-order valence-corrected chi connectivity index (χ3v) is 9.32. The highest BCUT2D eigenvalue weighted by molar-refractivity contribution is 5.05. The van der Waals surface area contributed by atoms with E-state index < -0.39 is 0 Å². The Kier molecular flexibility index (Phi) is 4.13. The van der Waals surface area contributed by atoms with Crippen LogP contribution in [-0.2, 0) is 0 Å². The van der Waals surface area contributed by atoms with Crippen LogP contribution < -0.4 is 0 Å². The van der Waals surface area contributed by atoms with E-state index in [0.717, 1.165) is 35.5 Å². The molecule has 132 valence electrons. The summed E-state index contributed by atoms with van der Waals surface area (Å²) in [4.78, 5) is 0. The molecular formula is C23H40. The topological polar surface area (TPSA) is 0 Å². The van der Waals surface area contributed by atoms with Crippen molar-refractivity contribution in [1.29, 1.82) is 0 Å². The van der Waals surface area contributed by atoms with Crippen LogP contribution in [0.4, 0.5) is 0 Å². The van der Waals surface area contributed by atoms with Crippen molar-refractivity contribution in [1.82, 2.24) is 0 Å². The van der Waals surface area contributed by atoms with Crippen LogP contribution in [0.5, 0.6) is 0 Å². The van der Waals surface area contributed by atoms with Crippen molar-refractivity contribution in [2.24, 2.45) is 46.3 Å². The average Bonchev–Trinajstić information content (AvgIpc) is 2.80. The zero-order chi connectivity index (χ0) is 16.2. The molecule has 23 heavy (non-hydrogen) atoms. The molecule has 0 heteroatoms. The lowest BCUT2D eigenvalue weighted by molar-refractivity contribution is -0.0209. The van der Waals surface area contributed by atoms with E-state index in [2.05, 4.69) is 27.7 Å². The molecule has 4 aliphatic rings. The first kappa shape index (κ1) is 16.5. The Morgan fingerprint density at radius 2 is 1.43 bits per heavy atom. The summed E-state index contributed by atoms with van der Waals surface area (Å²) in [6.45, 7) is 10.5. The molecule has 0 heterocycles. The molecule has 5 unspecified atom stereocenters. The molecule has 0 aliphatic heterocycles. The van der Waals surface area contributed by atoms with Gasteiger partial charge in [0.25, 0.3) is 0 Å². The minimum absolute atomic E-state index is 0.602. The SMILES string of the molecule is CC1(C)CC2CC(C(C)(C)C3CCCCC3)CC3CCCC1C32. The third-order valence-electron chi connectivity index (χ3n) is 9.32. The van der Waals surface area contributed by atoms with E-state index in [1.54, 1.807) is 25.7 Å². The minimum Gasteiger partial charge on any atom is -0.0596 e. The van der Waals surface area contributed by atoms with Crippen LogP contribution in [0.1, 0.15) is 98.3 Å². The molecule has 4 fully saturated rings. The van der Waals surface area contributed by atoms with Gasteiger partial charge in [-0.2, -0.15) is 0 Å². The largest absolute Gasteiger partial charge is 0.0596 e. The lowest BCUT2D eigenvalue weighted by atomic mass is 9.54. The molecule has 0 radical (unpaired) electrons. The lowest BCUT2D eigenvalue weighted by Crippen LogP contribution is -2.43. The highest BCUT2D eigenvalue weighted by Gasteiger charge is 2.56. The molecule has 4 saturated carbocycles. The van der Waals surface area contributed by atoms with Gasteiger partial charge in [0.05, 0.1) is 0 Å². The maximum atomic E-state index is 2.66. The van der Waals surface area contributed by atoms with Gasteiger partial charge in [0, 0.05) is 0 Å². The molecule has 5 atom stereocenters. The molecular weight excluding hydrogens is 276 g/mol. The molecule has 0 saturated heterocycles. The molecule has 4 aliphatic carbocycles. The summed E-state index contributed by atoms with van der Waals surface area (Å²) in [5, 5.41) is 0. The molecule has 0 spiro atoms. The predicted molar refractivity (Wildman–Crippen MR) is 99.3 cm³/mol. The summed E-state index contributed by atoms with van der Waals surface area (Å²) >= 11 is 0. The van der Waals surface area contributed by atoms with E-state index in [9.17, 15) is 0 Å². The minimum atomic E-state index is 0.602. The molecule has 0 nitrogen and oxygen atoms in total. The summed E-state index contributed by atoms with van der Waals surface area (Å²) in [7, 11) is 0. The van der Waals surface area contributed by atoms with E-state index in [-0.39, 0.29) is 0 Å². The van der Waals surface area contributed by atoms with Gasteiger partial charge in [0.1, 0.15) is 0 Å². The Hall–Kier alpha value is 0. The van der Waals surface area contributed by atoms with Crippen molar-refractivity contribution in [3.8, 4) is 0 Å². The van der Waals surface area contributed by atoms with Crippen LogP contribution in [0, 0.1) is 46.3 Å². The highest BCUT2D eigenvalue weighted by Crippen LogP contribution is 2.64. The van der Waals surface area contributed by atoms with Gasteiger partial charge in [-0.25, -0.2) is 0 Å². The Balaban J connectivity index is 1.54. The Bertz CT molecular complexity index is 425. The quantitative estimate of drug-likeness (QED) is 0.510. The van der Waals surface area contributed by atoms with E-state index in [1.807, 2.05) is 0 Å². The van der Waals surface area contributed by atoms with Crippen molar-refractivity contribution in [3.05, 3.63) is 0 Å². The van der Waals surface area contributed by atoms with E-state index in [4.69, 9.17) is 0 Å². The Morgan fingerprint density at radius 3 is 2.17 bits per heavy atom. The molecule has 4 rings (SSSR count). The highest BCUT2D eigenvalue weighted by atomic mass is 14.6. The van der Waals surface area contributed by atoms with E-state index >= 15 is 0 Å². The van der Waals surface area contributed by atoms with Gasteiger partial charge in [0.2, 0.25) is 0 Å². The first-order valence-electron chi connectivity index (χ1n) is 10.9. The first-order chi connectivity index (χ1) is 10.9.